The van der Waals surface area contributed by atoms with Crippen LogP contribution in [0.25, 0.3) is 0 Å². The average Bonchev–Trinajstić information content (AvgIpc) is 2.63. The van der Waals surface area contributed by atoms with Gasteiger partial charge < -0.3 is 25.5 Å². The molecule has 0 bridgehead atoms. The summed E-state index contributed by atoms with van der Waals surface area (Å²) in [6.45, 7) is 4.75. The van der Waals surface area contributed by atoms with Gasteiger partial charge in [-0.1, -0.05) is 0 Å². The molecule has 9 nitrogen and oxygen atoms in total. The second kappa shape index (κ2) is 13.2. The number of aldehydes is 1. The highest BCUT2D eigenvalue weighted by Crippen LogP contribution is 2.11. The number of ether oxygens (including phenoxy) is 1. The highest BCUT2D eigenvalue weighted by atomic mass is 16.5. The molecule has 1 saturated heterocycles. The van der Waals surface area contributed by atoms with Crippen molar-refractivity contribution in [3.63, 3.8) is 0 Å². The maximum absolute atomic E-state index is 12.5. The molecular formula is C17H30N4O5. The summed E-state index contributed by atoms with van der Waals surface area (Å²) in [4.78, 5) is 47.4. The zero-order valence-electron chi connectivity index (χ0n) is 15.4. The van der Waals surface area contributed by atoms with Crippen LogP contribution in [0.4, 0.5) is 0 Å². The summed E-state index contributed by atoms with van der Waals surface area (Å²) < 4.78 is 5.34. The van der Waals surface area contributed by atoms with E-state index >= 15 is 0 Å². The molecule has 148 valence electrons. The molecule has 1 aliphatic rings. The lowest BCUT2D eigenvalue weighted by Gasteiger charge is -2.33. The molecule has 1 heterocycles. The van der Waals surface area contributed by atoms with E-state index in [-0.39, 0.29) is 43.3 Å². The highest BCUT2D eigenvalue weighted by molar-refractivity contribution is 5.87. The minimum Gasteiger partial charge on any atom is -0.379 e. The molecule has 0 spiro atoms. The summed E-state index contributed by atoms with van der Waals surface area (Å²) in [6, 6.07) is -0.320. The van der Waals surface area contributed by atoms with Crippen LogP contribution in [0.15, 0.2) is 0 Å². The largest absolute Gasteiger partial charge is 0.379 e. The Kier molecular flexibility index (Phi) is 11.2. The van der Waals surface area contributed by atoms with Gasteiger partial charge in [-0.15, -0.1) is 0 Å². The van der Waals surface area contributed by atoms with Gasteiger partial charge >= 0.3 is 0 Å². The van der Waals surface area contributed by atoms with E-state index in [1.807, 2.05) is 0 Å². The number of amides is 3. The van der Waals surface area contributed by atoms with Gasteiger partial charge in [0.2, 0.25) is 17.7 Å². The molecule has 0 aromatic rings. The van der Waals surface area contributed by atoms with Crippen LogP contribution in [-0.4, -0.2) is 80.9 Å². The van der Waals surface area contributed by atoms with Crippen LogP contribution in [0.3, 0.4) is 0 Å². The monoisotopic (exact) mass is 370 g/mol. The third-order valence-electron chi connectivity index (χ3n) is 4.07. The summed E-state index contributed by atoms with van der Waals surface area (Å²) in [5.41, 5.74) is 0. The van der Waals surface area contributed by atoms with Gasteiger partial charge in [-0.3, -0.25) is 19.3 Å². The summed E-state index contributed by atoms with van der Waals surface area (Å²) in [5.74, 6) is -0.559. The fourth-order valence-corrected chi connectivity index (χ4v) is 2.71. The Bertz CT molecular complexity index is 466. The minimum atomic E-state index is -0.320. The number of nitrogens with zero attached hydrogens (tertiary/aromatic N) is 1. The highest BCUT2D eigenvalue weighted by Gasteiger charge is 2.27. The molecule has 3 N–H and O–H groups in total. The number of nitrogens with one attached hydrogen (secondary N) is 3. The molecule has 1 atom stereocenters. The smallest absolute Gasteiger partial charge is 0.239 e. The normalized spacial score (nSPS) is 15.7. The van der Waals surface area contributed by atoms with Crippen molar-refractivity contribution in [1.29, 1.82) is 0 Å². The predicted octanol–water partition coefficient (Wildman–Crippen LogP) is -1.18. The van der Waals surface area contributed by atoms with E-state index in [4.69, 9.17) is 4.74 Å². The van der Waals surface area contributed by atoms with Gasteiger partial charge in [0, 0.05) is 39.5 Å². The topological polar surface area (TPSA) is 117 Å². The number of rotatable bonds is 12. The van der Waals surface area contributed by atoms with Crippen molar-refractivity contribution in [3.8, 4) is 0 Å². The Labute approximate surface area is 154 Å². The molecule has 1 rings (SSSR count). The molecule has 0 saturated carbocycles. The fourth-order valence-electron chi connectivity index (χ4n) is 2.71. The zero-order chi connectivity index (χ0) is 19.2. The molecule has 3 amide bonds. The van der Waals surface area contributed by atoms with Crippen molar-refractivity contribution in [3.05, 3.63) is 0 Å². The lowest BCUT2D eigenvalue weighted by atomic mass is 10.1. The lowest BCUT2D eigenvalue weighted by Crippen LogP contribution is -2.52. The maximum Gasteiger partial charge on any atom is 0.239 e. The van der Waals surface area contributed by atoms with Crippen LogP contribution < -0.4 is 16.0 Å². The predicted molar refractivity (Wildman–Crippen MR) is 95.4 cm³/mol. The van der Waals surface area contributed by atoms with E-state index in [1.165, 1.54) is 6.92 Å². The molecule has 0 aromatic carbocycles. The molecule has 26 heavy (non-hydrogen) atoms. The van der Waals surface area contributed by atoms with Crippen molar-refractivity contribution < 1.29 is 23.9 Å². The van der Waals surface area contributed by atoms with Gasteiger partial charge in [0.05, 0.1) is 25.8 Å². The molecule has 1 aliphatic heterocycles. The number of morpholine rings is 1. The van der Waals surface area contributed by atoms with Crippen LogP contribution in [0.5, 0.6) is 0 Å². The Morgan fingerprint density at radius 2 is 1.81 bits per heavy atom. The number of carbonyl (C=O) groups is 4. The van der Waals surface area contributed by atoms with E-state index < -0.39 is 0 Å². The van der Waals surface area contributed by atoms with Gasteiger partial charge in [-0.2, -0.15) is 0 Å². The van der Waals surface area contributed by atoms with E-state index in [0.29, 0.717) is 39.3 Å². The van der Waals surface area contributed by atoms with Gasteiger partial charge in [-0.25, -0.2) is 0 Å². The standard InChI is InChI=1S/C17H30N4O5/c1-14(23)18-6-3-2-5-15(21-8-11-26-12-9-21)17(25)20-13-16(24)19-7-4-10-22/h10,15H,2-9,11-13H2,1H3,(H,18,23)(H,19,24)(H,20,25). The van der Waals surface area contributed by atoms with E-state index in [9.17, 15) is 19.2 Å². The minimum absolute atomic E-state index is 0.0620. The molecule has 0 aromatic heterocycles. The van der Waals surface area contributed by atoms with Crippen LogP contribution in [0.1, 0.15) is 32.6 Å². The third-order valence-corrected chi connectivity index (χ3v) is 4.07. The third kappa shape index (κ3) is 9.47. The van der Waals surface area contributed by atoms with Crippen molar-refractivity contribution >= 4 is 24.0 Å². The summed E-state index contributed by atoms with van der Waals surface area (Å²) in [6.07, 6.45) is 3.22. The Hall–Kier alpha value is -2.00. The first-order valence-corrected chi connectivity index (χ1v) is 9.09. The SMILES string of the molecule is CC(=O)NCCCCC(C(=O)NCC(=O)NCCC=O)N1CCOCC1. The fraction of sp³-hybridized carbons (Fsp3) is 0.765. The van der Waals surface area contributed by atoms with E-state index in [2.05, 4.69) is 20.9 Å². The molecule has 1 unspecified atom stereocenters. The van der Waals surface area contributed by atoms with Crippen molar-refractivity contribution in [2.45, 2.75) is 38.6 Å². The van der Waals surface area contributed by atoms with Gasteiger partial charge in [0.25, 0.3) is 0 Å². The number of hydrogen-bond acceptors (Lipinski definition) is 6. The van der Waals surface area contributed by atoms with Gasteiger partial charge in [0.15, 0.2) is 0 Å². The molecule has 0 aliphatic carbocycles. The van der Waals surface area contributed by atoms with Crippen molar-refractivity contribution in [1.82, 2.24) is 20.9 Å². The Balaban J connectivity index is 2.43. The quantitative estimate of drug-likeness (QED) is 0.294. The number of unbranched alkanes of at least 4 members (excludes halogenated alkanes) is 1. The zero-order valence-corrected chi connectivity index (χ0v) is 15.4. The second-order valence-electron chi connectivity index (χ2n) is 6.17. The summed E-state index contributed by atoms with van der Waals surface area (Å²) >= 11 is 0. The van der Waals surface area contributed by atoms with Crippen molar-refractivity contribution in [2.75, 3.05) is 45.9 Å². The summed E-state index contributed by atoms with van der Waals surface area (Å²) in [5, 5.41) is 7.99. The molecule has 1 fully saturated rings. The van der Waals surface area contributed by atoms with Crippen LogP contribution in [0.2, 0.25) is 0 Å². The first-order chi connectivity index (χ1) is 12.5. The van der Waals surface area contributed by atoms with Gasteiger partial charge in [-0.05, 0) is 19.3 Å². The van der Waals surface area contributed by atoms with Gasteiger partial charge in [0.1, 0.15) is 6.29 Å². The molecule has 0 radical (unpaired) electrons. The van der Waals surface area contributed by atoms with Crippen molar-refractivity contribution in [2.24, 2.45) is 0 Å². The first-order valence-electron chi connectivity index (χ1n) is 9.09. The Morgan fingerprint density at radius 3 is 2.46 bits per heavy atom. The number of carbonyl (C=O) groups excluding carboxylic acids is 4. The Morgan fingerprint density at radius 1 is 1.08 bits per heavy atom. The van der Waals surface area contributed by atoms with Crippen LogP contribution in [0, 0.1) is 0 Å². The molecular weight excluding hydrogens is 340 g/mol. The molecule has 9 heteroatoms. The second-order valence-corrected chi connectivity index (χ2v) is 6.17. The van der Waals surface area contributed by atoms with E-state index in [1.54, 1.807) is 0 Å². The number of hydrogen-bond donors (Lipinski definition) is 3. The lowest BCUT2D eigenvalue weighted by molar-refractivity contribution is -0.131. The van der Waals surface area contributed by atoms with Crippen LogP contribution in [-0.2, 0) is 23.9 Å². The maximum atomic E-state index is 12.5. The first kappa shape index (κ1) is 22.0. The van der Waals surface area contributed by atoms with E-state index in [0.717, 1.165) is 19.1 Å². The average molecular weight is 370 g/mol. The summed E-state index contributed by atoms with van der Waals surface area (Å²) in [7, 11) is 0. The van der Waals surface area contributed by atoms with Crippen LogP contribution >= 0.6 is 0 Å².